The molecule has 0 radical (unpaired) electrons. The van der Waals surface area contributed by atoms with Gasteiger partial charge in [0, 0.05) is 29.8 Å². The molecule has 0 spiro atoms. The summed E-state index contributed by atoms with van der Waals surface area (Å²) in [7, 11) is 0. The van der Waals surface area contributed by atoms with Crippen LogP contribution in [0.1, 0.15) is 51.3 Å². The average molecular weight is 416 g/mol. The molecule has 1 heterocycles. The Kier molecular flexibility index (Phi) is 5.75. The van der Waals surface area contributed by atoms with Crippen molar-refractivity contribution in [3.63, 3.8) is 0 Å². The maximum atomic E-state index is 11.0. The predicted octanol–water partition coefficient (Wildman–Crippen LogP) is 4.06. The summed E-state index contributed by atoms with van der Waals surface area (Å²) < 4.78 is 5.80. The summed E-state index contributed by atoms with van der Waals surface area (Å²) in [5.41, 5.74) is 0.529. The molecule has 1 aromatic carbocycles. The van der Waals surface area contributed by atoms with Crippen LogP contribution >= 0.6 is 12.2 Å². The van der Waals surface area contributed by atoms with E-state index in [2.05, 4.69) is 27.3 Å². The summed E-state index contributed by atoms with van der Waals surface area (Å²) in [4.78, 5) is 12.7. The van der Waals surface area contributed by atoms with Gasteiger partial charge in [-0.15, -0.1) is 10.2 Å². The van der Waals surface area contributed by atoms with E-state index in [1.54, 1.807) is 12.1 Å². The largest absolute Gasteiger partial charge is 0.419 e. The molecule has 2 aliphatic rings. The normalized spacial score (nSPS) is 21.6. The Morgan fingerprint density at radius 3 is 2.83 bits per heavy atom. The zero-order chi connectivity index (χ0) is 20.4. The van der Waals surface area contributed by atoms with Crippen molar-refractivity contribution in [2.75, 3.05) is 0 Å². The highest BCUT2D eigenvalue weighted by atomic mass is 32.1. The fourth-order valence-corrected chi connectivity index (χ4v) is 4.22. The molecule has 1 aromatic heterocycles. The van der Waals surface area contributed by atoms with Crippen LogP contribution in [0.15, 0.2) is 28.7 Å². The third kappa shape index (κ3) is 4.72. The van der Waals surface area contributed by atoms with Crippen molar-refractivity contribution in [2.45, 2.75) is 64.1 Å². The number of nitrogens with one attached hydrogen (secondary N) is 1. The molecule has 9 heteroatoms. The molecule has 2 fully saturated rings. The maximum absolute atomic E-state index is 11.0. The van der Waals surface area contributed by atoms with Gasteiger partial charge in [-0.3, -0.25) is 10.1 Å². The smallest absolute Gasteiger partial charge is 0.270 e. The Hall–Kier alpha value is -2.55. The third-order valence-electron chi connectivity index (χ3n) is 5.75. The molecule has 2 aliphatic carbocycles. The van der Waals surface area contributed by atoms with Gasteiger partial charge in [-0.05, 0) is 49.9 Å². The van der Waals surface area contributed by atoms with Gasteiger partial charge < -0.3 is 14.6 Å². The Labute approximate surface area is 174 Å². The summed E-state index contributed by atoms with van der Waals surface area (Å²) in [6, 6.07) is 7.03. The summed E-state index contributed by atoms with van der Waals surface area (Å²) in [6.07, 6.45) is 7.13. The number of rotatable bonds is 6. The van der Waals surface area contributed by atoms with E-state index in [1.165, 1.54) is 31.4 Å². The number of thiocarbonyl (C=S) groups is 1. The van der Waals surface area contributed by atoms with E-state index in [0.29, 0.717) is 36.0 Å². The van der Waals surface area contributed by atoms with Crippen LogP contribution in [-0.4, -0.2) is 37.2 Å². The van der Waals surface area contributed by atoms with E-state index < -0.39 is 4.92 Å². The van der Waals surface area contributed by atoms with Gasteiger partial charge in [-0.2, -0.15) is 0 Å². The molecular weight excluding hydrogens is 390 g/mol. The molecule has 2 aromatic rings. The lowest BCUT2D eigenvalue weighted by atomic mass is 9.86. The minimum Gasteiger partial charge on any atom is -0.419 e. The number of nitrogens with zero attached hydrogens (tertiary/aromatic N) is 4. The van der Waals surface area contributed by atoms with Crippen LogP contribution in [0.5, 0.6) is 0 Å². The summed E-state index contributed by atoms with van der Waals surface area (Å²) in [5.74, 6) is 1.35. The van der Waals surface area contributed by atoms with E-state index in [1.807, 2.05) is 0 Å². The van der Waals surface area contributed by atoms with Crippen LogP contribution in [0.25, 0.3) is 11.5 Å². The summed E-state index contributed by atoms with van der Waals surface area (Å²) >= 11 is 5.72. The van der Waals surface area contributed by atoms with Gasteiger partial charge in [-0.25, -0.2) is 0 Å². The second kappa shape index (κ2) is 8.44. The quantitative estimate of drug-likeness (QED) is 0.428. The number of aromatic nitrogens is 2. The second-order valence-electron chi connectivity index (χ2n) is 7.99. The van der Waals surface area contributed by atoms with E-state index in [4.69, 9.17) is 16.6 Å². The fraction of sp³-hybridized carbons (Fsp3) is 0.550. The molecule has 29 heavy (non-hydrogen) atoms. The van der Waals surface area contributed by atoms with Crippen LogP contribution in [0.2, 0.25) is 0 Å². The Bertz CT molecular complexity index is 898. The van der Waals surface area contributed by atoms with E-state index >= 15 is 0 Å². The third-order valence-corrected chi connectivity index (χ3v) is 6.10. The van der Waals surface area contributed by atoms with Crippen molar-refractivity contribution < 1.29 is 9.34 Å². The molecule has 0 amide bonds. The molecule has 0 bridgehead atoms. The molecule has 1 N–H and O–H groups in total. The zero-order valence-electron chi connectivity index (χ0n) is 16.4. The standard InChI is InChI=1S/C20H25N5O3S/c1-13-5-2-3-8-17(13)21-20(29)24(15-9-10-15)12-18-22-23-19(28-18)14-6-4-7-16(11-14)25(26)27/h4,6-7,11,13,15,17H,2-3,5,8-10,12H2,1H3,(H,21,29)/t13-,17+/m0/s1. The van der Waals surface area contributed by atoms with Gasteiger partial charge in [0.15, 0.2) is 5.11 Å². The van der Waals surface area contributed by atoms with Crippen LogP contribution in [0.4, 0.5) is 5.69 Å². The number of non-ortho nitro benzene ring substituents is 1. The van der Waals surface area contributed by atoms with Crippen molar-refractivity contribution in [1.82, 2.24) is 20.4 Å². The van der Waals surface area contributed by atoms with Crippen LogP contribution in [0, 0.1) is 16.0 Å². The zero-order valence-corrected chi connectivity index (χ0v) is 17.2. The highest BCUT2D eigenvalue weighted by molar-refractivity contribution is 7.80. The minimum absolute atomic E-state index is 0.00571. The summed E-state index contributed by atoms with van der Waals surface area (Å²) in [5, 5.41) is 23.5. The maximum Gasteiger partial charge on any atom is 0.270 e. The predicted molar refractivity (Wildman–Crippen MR) is 112 cm³/mol. The molecule has 0 unspecified atom stereocenters. The Morgan fingerprint density at radius 2 is 2.10 bits per heavy atom. The highest BCUT2D eigenvalue weighted by Gasteiger charge is 2.33. The molecule has 2 atom stereocenters. The fourth-order valence-electron chi connectivity index (χ4n) is 3.86. The SMILES string of the molecule is C[C@H]1CCCC[C@H]1NC(=S)N(Cc1nnc(-c2cccc([N+](=O)[O-])c2)o1)C1CC1. The van der Waals surface area contributed by atoms with Crippen molar-refractivity contribution >= 4 is 23.0 Å². The van der Waals surface area contributed by atoms with Gasteiger partial charge in [0.2, 0.25) is 11.8 Å². The lowest BCUT2D eigenvalue weighted by Gasteiger charge is -2.33. The number of nitro groups is 1. The average Bonchev–Trinajstić information content (AvgIpc) is 3.45. The van der Waals surface area contributed by atoms with E-state index in [9.17, 15) is 10.1 Å². The first-order chi connectivity index (χ1) is 14.0. The number of nitro benzene ring substituents is 1. The first kappa shape index (κ1) is 19.8. The van der Waals surface area contributed by atoms with Crippen molar-refractivity contribution in [3.8, 4) is 11.5 Å². The lowest BCUT2D eigenvalue weighted by Crippen LogP contribution is -2.48. The number of hydrogen-bond donors (Lipinski definition) is 1. The van der Waals surface area contributed by atoms with Crippen LogP contribution < -0.4 is 5.32 Å². The topological polar surface area (TPSA) is 97.3 Å². The second-order valence-corrected chi connectivity index (χ2v) is 8.37. The summed E-state index contributed by atoms with van der Waals surface area (Å²) in [6.45, 7) is 2.73. The Balaban J connectivity index is 1.45. The first-order valence-electron chi connectivity index (χ1n) is 10.2. The van der Waals surface area contributed by atoms with Gasteiger partial charge in [-0.1, -0.05) is 25.8 Å². The Morgan fingerprint density at radius 1 is 1.31 bits per heavy atom. The molecule has 0 aliphatic heterocycles. The van der Waals surface area contributed by atoms with E-state index in [0.717, 1.165) is 24.4 Å². The van der Waals surface area contributed by atoms with Crippen molar-refractivity contribution in [2.24, 2.45) is 5.92 Å². The molecule has 4 rings (SSSR count). The number of benzene rings is 1. The van der Waals surface area contributed by atoms with Gasteiger partial charge in [0.05, 0.1) is 11.5 Å². The monoisotopic (exact) mass is 415 g/mol. The lowest BCUT2D eigenvalue weighted by molar-refractivity contribution is -0.384. The molecule has 2 saturated carbocycles. The van der Waals surface area contributed by atoms with Gasteiger partial charge in [0.25, 0.3) is 5.69 Å². The first-order valence-corrected chi connectivity index (χ1v) is 10.6. The van der Waals surface area contributed by atoms with Gasteiger partial charge >= 0.3 is 0 Å². The minimum atomic E-state index is -0.439. The molecule has 154 valence electrons. The van der Waals surface area contributed by atoms with Crippen LogP contribution in [0.3, 0.4) is 0 Å². The van der Waals surface area contributed by atoms with Crippen molar-refractivity contribution in [3.05, 3.63) is 40.3 Å². The van der Waals surface area contributed by atoms with Crippen LogP contribution in [-0.2, 0) is 6.54 Å². The van der Waals surface area contributed by atoms with Crippen molar-refractivity contribution in [1.29, 1.82) is 0 Å². The van der Waals surface area contributed by atoms with Gasteiger partial charge in [0.1, 0.15) is 0 Å². The van der Waals surface area contributed by atoms with E-state index in [-0.39, 0.29) is 11.6 Å². The highest BCUT2D eigenvalue weighted by Crippen LogP contribution is 2.30. The molecule has 8 nitrogen and oxygen atoms in total. The molecule has 0 saturated heterocycles. The molecular formula is C20H25N5O3S. The number of hydrogen-bond acceptors (Lipinski definition) is 6.